The van der Waals surface area contributed by atoms with E-state index >= 15 is 0 Å². The monoisotopic (exact) mass is 320 g/mol. The van der Waals surface area contributed by atoms with Gasteiger partial charge in [-0.25, -0.2) is 4.79 Å². The second-order valence-electron chi connectivity index (χ2n) is 5.66. The molecule has 2 atom stereocenters. The lowest BCUT2D eigenvalue weighted by Gasteiger charge is -2.23. The van der Waals surface area contributed by atoms with E-state index < -0.39 is 16.9 Å². The summed E-state index contributed by atoms with van der Waals surface area (Å²) in [5.41, 5.74) is 5.82. The molecule has 0 spiro atoms. The molecule has 1 saturated carbocycles. The zero-order chi connectivity index (χ0) is 16.8. The molecule has 1 aliphatic carbocycles. The van der Waals surface area contributed by atoms with Crippen LogP contribution < -0.4 is 16.4 Å². The first-order valence-corrected chi connectivity index (χ1v) is 7.58. The highest BCUT2D eigenvalue weighted by Gasteiger charge is 2.29. The summed E-state index contributed by atoms with van der Waals surface area (Å²) in [4.78, 5) is 33.7. The predicted molar refractivity (Wildman–Crippen MR) is 84.8 cm³/mol. The predicted octanol–water partition coefficient (Wildman–Crippen LogP) is 2.15. The molecule has 0 radical (unpaired) electrons. The molecule has 0 heterocycles. The van der Waals surface area contributed by atoms with Crippen molar-refractivity contribution in [3.63, 3.8) is 0 Å². The van der Waals surface area contributed by atoms with Crippen LogP contribution in [0.15, 0.2) is 24.3 Å². The molecule has 3 amide bonds. The molecule has 4 N–H and O–H groups in total. The van der Waals surface area contributed by atoms with Crippen LogP contribution in [0.25, 0.3) is 0 Å². The van der Waals surface area contributed by atoms with Crippen LogP contribution in [0.4, 0.5) is 16.2 Å². The molecule has 2 rings (SSSR count). The molecule has 23 heavy (non-hydrogen) atoms. The molecule has 124 valence electrons. The van der Waals surface area contributed by atoms with Crippen LogP contribution in [-0.4, -0.2) is 22.9 Å². The van der Waals surface area contributed by atoms with Crippen molar-refractivity contribution in [2.45, 2.75) is 38.1 Å². The van der Waals surface area contributed by atoms with Gasteiger partial charge in [-0.15, -0.1) is 0 Å². The van der Waals surface area contributed by atoms with Crippen LogP contribution in [0.1, 0.15) is 32.1 Å². The van der Waals surface area contributed by atoms with E-state index in [4.69, 9.17) is 5.73 Å². The summed E-state index contributed by atoms with van der Waals surface area (Å²) in [6.45, 7) is 0. The molecule has 0 bridgehead atoms. The number of nitro benzene ring substituents is 1. The van der Waals surface area contributed by atoms with Gasteiger partial charge in [-0.1, -0.05) is 19.3 Å². The van der Waals surface area contributed by atoms with Crippen molar-refractivity contribution in [2.24, 2.45) is 11.7 Å². The maximum absolute atomic E-state index is 12.1. The Balaban J connectivity index is 1.97. The van der Waals surface area contributed by atoms with E-state index in [9.17, 15) is 19.7 Å². The largest absolute Gasteiger partial charge is 0.369 e. The van der Waals surface area contributed by atoms with Crippen molar-refractivity contribution in [2.75, 3.05) is 5.32 Å². The number of hydrogen-bond donors (Lipinski definition) is 3. The van der Waals surface area contributed by atoms with E-state index in [1.165, 1.54) is 24.3 Å². The number of nitro groups is 1. The van der Waals surface area contributed by atoms with Crippen LogP contribution in [-0.2, 0) is 4.79 Å². The summed E-state index contributed by atoms with van der Waals surface area (Å²) in [5.74, 6) is -0.757. The topological polar surface area (TPSA) is 127 Å². The number of anilines is 1. The van der Waals surface area contributed by atoms with Crippen molar-refractivity contribution in [3.05, 3.63) is 34.4 Å². The lowest BCUT2D eigenvalue weighted by Crippen LogP contribution is -2.46. The molecule has 1 aromatic rings. The normalized spacial score (nSPS) is 21.0. The van der Waals surface area contributed by atoms with Gasteiger partial charge in [-0.2, -0.15) is 0 Å². The van der Waals surface area contributed by atoms with Crippen molar-refractivity contribution in [1.82, 2.24) is 5.32 Å². The first-order chi connectivity index (χ1) is 11.0. The molecule has 0 aliphatic heterocycles. The molecule has 8 heteroatoms. The summed E-state index contributed by atoms with van der Waals surface area (Å²) in [7, 11) is 0. The second kappa shape index (κ2) is 7.57. The van der Waals surface area contributed by atoms with Gasteiger partial charge in [0.25, 0.3) is 5.69 Å². The zero-order valence-electron chi connectivity index (χ0n) is 12.7. The van der Waals surface area contributed by atoms with Crippen LogP contribution in [0.2, 0.25) is 0 Å². The van der Waals surface area contributed by atoms with Gasteiger partial charge in [0.2, 0.25) is 5.91 Å². The van der Waals surface area contributed by atoms with Gasteiger partial charge in [0, 0.05) is 23.9 Å². The Hall–Kier alpha value is -2.64. The zero-order valence-corrected chi connectivity index (χ0v) is 12.7. The van der Waals surface area contributed by atoms with Crippen LogP contribution in [0.3, 0.4) is 0 Å². The molecule has 0 unspecified atom stereocenters. The number of non-ortho nitro benzene ring substituents is 1. The molecular formula is C15H20N4O4. The molecule has 0 saturated heterocycles. The van der Waals surface area contributed by atoms with E-state index in [0.29, 0.717) is 18.5 Å². The number of carbonyl (C=O) groups excluding carboxylic acids is 2. The highest BCUT2D eigenvalue weighted by Crippen LogP contribution is 2.23. The van der Waals surface area contributed by atoms with E-state index in [1.807, 2.05) is 0 Å². The number of nitrogens with zero attached hydrogens (tertiary/aromatic N) is 1. The van der Waals surface area contributed by atoms with E-state index in [0.717, 1.165) is 19.3 Å². The second-order valence-corrected chi connectivity index (χ2v) is 5.66. The summed E-state index contributed by atoms with van der Waals surface area (Å²) in [6, 6.07) is 4.80. The van der Waals surface area contributed by atoms with Gasteiger partial charge < -0.3 is 16.4 Å². The number of primary amides is 1. The minimum absolute atomic E-state index is 0.0477. The van der Waals surface area contributed by atoms with E-state index in [-0.39, 0.29) is 17.6 Å². The summed E-state index contributed by atoms with van der Waals surface area (Å²) in [5, 5.41) is 16.0. The lowest BCUT2D eigenvalue weighted by atomic mass is 9.94. The Labute approximate surface area is 133 Å². The van der Waals surface area contributed by atoms with Gasteiger partial charge >= 0.3 is 6.03 Å². The fourth-order valence-electron chi connectivity index (χ4n) is 2.82. The van der Waals surface area contributed by atoms with Crippen molar-refractivity contribution < 1.29 is 14.5 Å². The quantitative estimate of drug-likeness (QED) is 0.446. The fourth-order valence-corrected chi connectivity index (χ4v) is 2.82. The maximum Gasteiger partial charge on any atom is 0.319 e. The summed E-state index contributed by atoms with van der Waals surface area (Å²) < 4.78 is 0. The van der Waals surface area contributed by atoms with Crippen LogP contribution in [0.5, 0.6) is 0 Å². The average molecular weight is 320 g/mol. The molecule has 1 fully saturated rings. The van der Waals surface area contributed by atoms with Crippen LogP contribution in [0, 0.1) is 16.0 Å². The van der Waals surface area contributed by atoms with Gasteiger partial charge in [0.05, 0.1) is 10.8 Å². The Morgan fingerprint density at radius 3 is 2.39 bits per heavy atom. The average Bonchev–Trinajstić information content (AvgIpc) is 2.73. The number of amides is 3. The smallest absolute Gasteiger partial charge is 0.319 e. The SMILES string of the molecule is NC(=O)[C@H]1CCCCC[C@H]1NC(=O)Nc1ccc([N+](=O)[O-])cc1. The van der Waals surface area contributed by atoms with E-state index in [1.54, 1.807) is 0 Å². The minimum atomic E-state index is -0.507. The number of benzene rings is 1. The van der Waals surface area contributed by atoms with Gasteiger partial charge in [-0.3, -0.25) is 14.9 Å². The number of nitrogens with one attached hydrogen (secondary N) is 2. The van der Waals surface area contributed by atoms with Gasteiger partial charge in [0.1, 0.15) is 0 Å². The standard InChI is InChI=1S/C15H20N4O4/c16-14(20)12-4-2-1-3-5-13(12)18-15(21)17-10-6-8-11(9-7-10)19(22)23/h6-9,12-13H,1-5H2,(H2,16,20)(H2,17,18,21)/t12-,13+/m0/s1. The summed E-state index contributed by atoms with van der Waals surface area (Å²) in [6.07, 6.45) is 4.27. The molecule has 1 aromatic carbocycles. The number of urea groups is 1. The van der Waals surface area contributed by atoms with E-state index in [2.05, 4.69) is 10.6 Å². The number of rotatable bonds is 4. The van der Waals surface area contributed by atoms with Crippen molar-refractivity contribution >= 4 is 23.3 Å². The third-order valence-corrected chi connectivity index (χ3v) is 4.03. The van der Waals surface area contributed by atoms with Gasteiger partial charge in [0.15, 0.2) is 0 Å². The first kappa shape index (κ1) is 16.7. The molecule has 8 nitrogen and oxygen atoms in total. The molecule has 1 aliphatic rings. The Morgan fingerprint density at radius 1 is 1.13 bits per heavy atom. The fraction of sp³-hybridized carbons (Fsp3) is 0.467. The Bertz CT molecular complexity index is 588. The van der Waals surface area contributed by atoms with Gasteiger partial charge in [-0.05, 0) is 25.0 Å². The highest BCUT2D eigenvalue weighted by atomic mass is 16.6. The lowest BCUT2D eigenvalue weighted by molar-refractivity contribution is -0.384. The van der Waals surface area contributed by atoms with Crippen LogP contribution >= 0.6 is 0 Å². The minimum Gasteiger partial charge on any atom is -0.369 e. The molecule has 0 aromatic heterocycles. The summed E-state index contributed by atoms with van der Waals surface area (Å²) >= 11 is 0. The Kier molecular flexibility index (Phi) is 5.51. The molecular weight excluding hydrogens is 300 g/mol. The number of carbonyl (C=O) groups is 2. The first-order valence-electron chi connectivity index (χ1n) is 7.58. The maximum atomic E-state index is 12.1. The number of nitrogens with two attached hydrogens (primary N) is 1. The highest BCUT2D eigenvalue weighted by molar-refractivity contribution is 5.90. The Morgan fingerprint density at radius 2 is 1.78 bits per heavy atom. The van der Waals surface area contributed by atoms with Crippen molar-refractivity contribution in [1.29, 1.82) is 0 Å². The van der Waals surface area contributed by atoms with Crippen molar-refractivity contribution in [3.8, 4) is 0 Å². The third kappa shape index (κ3) is 4.67. The third-order valence-electron chi connectivity index (χ3n) is 4.03. The number of hydrogen-bond acceptors (Lipinski definition) is 4.